The fourth-order valence-electron chi connectivity index (χ4n) is 2.08. The predicted molar refractivity (Wildman–Crippen MR) is 82.8 cm³/mol. The van der Waals surface area contributed by atoms with Gasteiger partial charge in [-0.15, -0.1) is 0 Å². The number of para-hydroxylation sites is 1. The minimum atomic E-state index is -3.41. The fourth-order valence-corrected chi connectivity index (χ4v) is 3.24. The molecule has 1 fully saturated rings. The largest absolute Gasteiger partial charge is 0.352 e. The highest BCUT2D eigenvalue weighted by atomic mass is 32.2. The Bertz CT molecular complexity index is 597. The summed E-state index contributed by atoms with van der Waals surface area (Å²) >= 11 is 0. The molecule has 1 amide bonds. The van der Waals surface area contributed by atoms with Gasteiger partial charge in [0.05, 0.1) is 17.0 Å². The highest BCUT2D eigenvalue weighted by Gasteiger charge is 2.19. The van der Waals surface area contributed by atoms with E-state index in [2.05, 4.69) is 15.4 Å². The predicted octanol–water partition coefficient (Wildman–Crippen LogP) is 0.788. The SMILES string of the molecule is CCCS(=O)(=O)Nc1ccccc1C(=O)NCC1CNC1. The van der Waals surface area contributed by atoms with Gasteiger partial charge >= 0.3 is 0 Å². The molecule has 1 aromatic rings. The van der Waals surface area contributed by atoms with Crippen molar-refractivity contribution in [3.05, 3.63) is 29.8 Å². The van der Waals surface area contributed by atoms with Gasteiger partial charge < -0.3 is 10.6 Å². The molecule has 2 rings (SSSR count). The van der Waals surface area contributed by atoms with Crippen molar-refractivity contribution in [2.24, 2.45) is 5.92 Å². The zero-order valence-electron chi connectivity index (χ0n) is 12.1. The molecule has 0 bridgehead atoms. The number of amides is 1. The van der Waals surface area contributed by atoms with Gasteiger partial charge in [-0.2, -0.15) is 0 Å². The molecule has 1 saturated heterocycles. The molecule has 7 heteroatoms. The molecule has 116 valence electrons. The zero-order chi connectivity index (χ0) is 15.3. The van der Waals surface area contributed by atoms with Gasteiger partial charge in [0.15, 0.2) is 0 Å². The van der Waals surface area contributed by atoms with E-state index in [4.69, 9.17) is 0 Å². The van der Waals surface area contributed by atoms with Crippen LogP contribution in [-0.2, 0) is 10.0 Å². The standard InChI is InChI=1S/C14H21N3O3S/c1-2-7-21(19,20)17-13-6-4-3-5-12(13)14(18)16-10-11-8-15-9-11/h3-6,11,15,17H,2,7-10H2,1H3,(H,16,18). The van der Waals surface area contributed by atoms with Gasteiger partial charge in [-0.1, -0.05) is 19.1 Å². The Balaban J connectivity index is 2.06. The zero-order valence-corrected chi connectivity index (χ0v) is 12.9. The van der Waals surface area contributed by atoms with E-state index in [0.29, 0.717) is 30.1 Å². The molecule has 1 aliphatic rings. The van der Waals surface area contributed by atoms with Crippen LogP contribution < -0.4 is 15.4 Å². The van der Waals surface area contributed by atoms with Gasteiger partial charge in [0, 0.05) is 25.6 Å². The summed E-state index contributed by atoms with van der Waals surface area (Å²) in [5.74, 6) is 0.242. The molecule has 1 aliphatic heterocycles. The monoisotopic (exact) mass is 311 g/mol. The maximum Gasteiger partial charge on any atom is 0.253 e. The van der Waals surface area contributed by atoms with Crippen LogP contribution in [0.3, 0.4) is 0 Å². The first-order valence-electron chi connectivity index (χ1n) is 7.10. The van der Waals surface area contributed by atoms with E-state index >= 15 is 0 Å². The molecule has 0 radical (unpaired) electrons. The van der Waals surface area contributed by atoms with Crippen molar-refractivity contribution >= 4 is 21.6 Å². The number of rotatable bonds is 7. The van der Waals surface area contributed by atoms with Crippen LogP contribution in [0.5, 0.6) is 0 Å². The molecule has 0 saturated carbocycles. The molecule has 0 aliphatic carbocycles. The van der Waals surface area contributed by atoms with Crippen LogP contribution in [0.4, 0.5) is 5.69 Å². The molecule has 21 heavy (non-hydrogen) atoms. The van der Waals surface area contributed by atoms with Crippen molar-refractivity contribution in [3.8, 4) is 0 Å². The lowest BCUT2D eigenvalue weighted by molar-refractivity contribution is 0.0943. The van der Waals surface area contributed by atoms with Crippen molar-refractivity contribution in [3.63, 3.8) is 0 Å². The molecule has 3 N–H and O–H groups in total. The first-order valence-corrected chi connectivity index (χ1v) is 8.75. The summed E-state index contributed by atoms with van der Waals surface area (Å²) in [4.78, 5) is 12.2. The molecule has 0 unspecified atom stereocenters. The first kappa shape index (κ1) is 15.8. The summed E-state index contributed by atoms with van der Waals surface area (Å²) in [6.07, 6.45) is 0.526. The average Bonchev–Trinajstić information content (AvgIpc) is 2.36. The Labute approximate surface area is 125 Å². The van der Waals surface area contributed by atoms with Crippen molar-refractivity contribution < 1.29 is 13.2 Å². The van der Waals surface area contributed by atoms with Gasteiger partial charge in [-0.3, -0.25) is 9.52 Å². The quantitative estimate of drug-likeness (QED) is 0.695. The molecule has 1 aromatic carbocycles. The summed E-state index contributed by atoms with van der Waals surface area (Å²) in [5, 5.41) is 5.98. The highest BCUT2D eigenvalue weighted by molar-refractivity contribution is 7.92. The Morgan fingerprint density at radius 1 is 1.33 bits per heavy atom. The number of anilines is 1. The fraction of sp³-hybridized carbons (Fsp3) is 0.500. The van der Waals surface area contributed by atoms with Crippen LogP contribution in [0.25, 0.3) is 0 Å². The lowest BCUT2D eigenvalue weighted by atomic mass is 10.0. The minimum Gasteiger partial charge on any atom is -0.352 e. The third-order valence-corrected chi connectivity index (χ3v) is 4.80. The van der Waals surface area contributed by atoms with Crippen LogP contribution in [0.1, 0.15) is 23.7 Å². The maximum absolute atomic E-state index is 12.2. The second-order valence-corrected chi connectivity index (χ2v) is 7.04. The second kappa shape index (κ2) is 6.91. The van der Waals surface area contributed by atoms with Gasteiger partial charge in [-0.05, 0) is 18.6 Å². The summed E-state index contributed by atoms with van der Waals surface area (Å²) < 4.78 is 26.2. The lowest BCUT2D eigenvalue weighted by Crippen LogP contribution is -2.48. The minimum absolute atomic E-state index is 0.0384. The summed E-state index contributed by atoms with van der Waals surface area (Å²) in [6.45, 7) is 4.21. The van der Waals surface area contributed by atoms with Crippen molar-refractivity contribution in [2.45, 2.75) is 13.3 Å². The van der Waals surface area contributed by atoms with Crippen LogP contribution in [0.15, 0.2) is 24.3 Å². The van der Waals surface area contributed by atoms with E-state index < -0.39 is 10.0 Å². The second-order valence-electron chi connectivity index (χ2n) is 5.20. The van der Waals surface area contributed by atoms with Crippen LogP contribution in [0.2, 0.25) is 0 Å². The molecule has 1 heterocycles. The van der Waals surface area contributed by atoms with Crippen molar-refractivity contribution in [2.75, 3.05) is 30.1 Å². The van der Waals surface area contributed by atoms with E-state index in [1.807, 2.05) is 0 Å². The first-order chi connectivity index (χ1) is 10.0. The summed E-state index contributed by atoms with van der Waals surface area (Å²) in [6, 6.07) is 6.65. The van der Waals surface area contributed by atoms with Crippen LogP contribution in [0, 0.1) is 5.92 Å². The maximum atomic E-state index is 12.2. The van der Waals surface area contributed by atoms with Crippen LogP contribution in [-0.4, -0.2) is 39.7 Å². The van der Waals surface area contributed by atoms with E-state index in [-0.39, 0.29) is 11.7 Å². The summed E-state index contributed by atoms with van der Waals surface area (Å²) in [5.41, 5.74) is 0.680. The van der Waals surface area contributed by atoms with E-state index in [1.165, 1.54) is 0 Å². The third-order valence-electron chi connectivity index (χ3n) is 3.33. The summed E-state index contributed by atoms with van der Waals surface area (Å²) in [7, 11) is -3.41. The number of hydrogen-bond donors (Lipinski definition) is 3. The molecule has 0 atom stereocenters. The van der Waals surface area contributed by atoms with Crippen molar-refractivity contribution in [1.82, 2.24) is 10.6 Å². The van der Waals surface area contributed by atoms with E-state index in [9.17, 15) is 13.2 Å². The Kier molecular flexibility index (Phi) is 5.19. The molecule has 0 aromatic heterocycles. The van der Waals surface area contributed by atoms with E-state index in [1.54, 1.807) is 31.2 Å². The van der Waals surface area contributed by atoms with Gasteiger partial charge in [0.1, 0.15) is 0 Å². The topological polar surface area (TPSA) is 87.3 Å². The van der Waals surface area contributed by atoms with Crippen LogP contribution >= 0.6 is 0 Å². The third kappa shape index (κ3) is 4.44. The normalized spacial score (nSPS) is 15.3. The highest BCUT2D eigenvalue weighted by Crippen LogP contribution is 2.17. The molecule has 6 nitrogen and oxygen atoms in total. The Hall–Kier alpha value is -1.60. The number of sulfonamides is 1. The number of hydrogen-bond acceptors (Lipinski definition) is 4. The molecule has 0 spiro atoms. The number of nitrogens with one attached hydrogen (secondary N) is 3. The van der Waals surface area contributed by atoms with Gasteiger partial charge in [0.25, 0.3) is 5.91 Å². The number of carbonyl (C=O) groups is 1. The molecular formula is C14H21N3O3S. The number of benzene rings is 1. The smallest absolute Gasteiger partial charge is 0.253 e. The van der Waals surface area contributed by atoms with Gasteiger partial charge in [0.2, 0.25) is 10.0 Å². The van der Waals surface area contributed by atoms with E-state index in [0.717, 1.165) is 13.1 Å². The lowest BCUT2D eigenvalue weighted by Gasteiger charge is -2.27. The van der Waals surface area contributed by atoms with Gasteiger partial charge in [-0.25, -0.2) is 8.42 Å². The number of carbonyl (C=O) groups excluding carboxylic acids is 1. The average molecular weight is 311 g/mol. The van der Waals surface area contributed by atoms with Crippen molar-refractivity contribution in [1.29, 1.82) is 0 Å². The Morgan fingerprint density at radius 3 is 2.67 bits per heavy atom. The Morgan fingerprint density at radius 2 is 2.05 bits per heavy atom. The molecular weight excluding hydrogens is 290 g/mol.